The molecule has 0 aromatic carbocycles. The Morgan fingerprint density at radius 2 is 2.44 bits per heavy atom. The molecule has 0 bridgehead atoms. The number of hydrogen-bond acceptors (Lipinski definition) is 5. The maximum absolute atomic E-state index is 10.3. The Bertz CT molecular complexity index is 332. The van der Waals surface area contributed by atoms with Crippen LogP contribution in [0.5, 0.6) is 0 Å². The van der Waals surface area contributed by atoms with E-state index in [2.05, 4.69) is 22.4 Å². The van der Waals surface area contributed by atoms with Gasteiger partial charge in [-0.15, -0.1) is 0 Å². The lowest BCUT2D eigenvalue weighted by Crippen LogP contribution is -2.43. The third kappa shape index (κ3) is 2.41. The lowest BCUT2D eigenvalue weighted by atomic mass is 9.94. The predicted octanol–water partition coefficient (Wildman–Crippen LogP) is 0.983. The average Bonchev–Trinajstić information content (AvgIpc) is 2.77. The van der Waals surface area contributed by atoms with Gasteiger partial charge in [0, 0.05) is 13.0 Å². The van der Waals surface area contributed by atoms with Gasteiger partial charge >= 0.3 is 0 Å². The highest BCUT2D eigenvalue weighted by molar-refractivity contribution is 5.02. The van der Waals surface area contributed by atoms with Crippen LogP contribution in [0.4, 0.5) is 0 Å². The molecule has 1 aliphatic rings. The summed E-state index contributed by atoms with van der Waals surface area (Å²) in [4.78, 5) is 4.28. The summed E-state index contributed by atoms with van der Waals surface area (Å²) in [6, 6.07) is 0. The van der Waals surface area contributed by atoms with E-state index in [4.69, 9.17) is 4.52 Å². The molecule has 2 rings (SSSR count). The first kappa shape index (κ1) is 11.5. The smallest absolute Gasteiger partial charge is 0.259 e. The van der Waals surface area contributed by atoms with Crippen molar-refractivity contribution in [3.05, 3.63) is 11.7 Å². The number of nitrogens with one attached hydrogen (secondary N) is 1. The number of β-amino-alcohol motifs (C(OH)–C–C–N with tert-alkyl or cyclic N) is 1. The zero-order valence-corrected chi connectivity index (χ0v) is 9.70. The molecule has 1 aromatic heterocycles. The van der Waals surface area contributed by atoms with Gasteiger partial charge in [-0.3, -0.25) is 0 Å². The minimum atomic E-state index is -0.963. The summed E-state index contributed by atoms with van der Waals surface area (Å²) in [5.41, 5.74) is -0.963. The van der Waals surface area contributed by atoms with Gasteiger partial charge in [0.05, 0.1) is 0 Å². The van der Waals surface area contributed by atoms with Gasteiger partial charge in [0.1, 0.15) is 0 Å². The van der Waals surface area contributed by atoms with Crippen molar-refractivity contribution in [2.75, 3.05) is 13.1 Å². The molecule has 2 heterocycles. The Morgan fingerprint density at radius 1 is 1.56 bits per heavy atom. The number of aromatic nitrogens is 2. The monoisotopic (exact) mass is 225 g/mol. The van der Waals surface area contributed by atoms with Gasteiger partial charge < -0.3 is 14.9 Å². The standard InChI is InChI=1S/C11H19N3O2/c1-2-3-5-9-13-10(16-14-9)11(15)6-4-7-12-8-11/h12,15H,2-8H2,1H3. The quantitative estimate of drug-likeness (QED) is 0.799. The second-order valence-electron chi connectivity index (χ2n) is 4.43. The predicted molar refractivity (Wildman–Crippen MR) is 58.9 cm³/mol. The van der Waals surface area contributed by atoms with Gasteiger partial charge in [0.2, 0.25) is 0 Å². The first-order valence-corrected chi connectivity index (χ1v) is 6.01. The summed E-state index contributed by atoms with van der Waals surface area (Å²) >= 11 is 0. The second kappa shape index (κ2) is 4.93. The Kier molecular flexibility index (Phi) is 3.56. The maximum Gasteiger partial charge on any atom is 0.259 e. The van der Waals surface area contributed by atoms with Crippen LogP contribution in [0.1, 0.15) is 44.3 Å². The number of aliphatic hydroxyl groups is 1. The third-order valence-corrected chi connectivity index (χ3v) is 2.98. The largest absolute Gasteiger partial charge is 0.379 e. The number of hydrogen-bond donors (Lipinski definition) is 2. The molecule has 0 spiro atoms. The molecule has 0 aliphatic carbocycles. The van der Waals surface area contributed by atoms with Gasteiger partial charge in [-0.2, -0.15) is 4.98 Å². The van der Waals surface area contributed by atoms with E-state index in [1.165, 1.54) is 0 Å². The molecule has 16 heavy (non-hydrogen) atoms. The summed E-state index contributed by atoms with van der Waals surface area (Å²) in [5, 5.41) is 17.4. The molecule has 90 valence electrons. The Labute approximate surface area is 95.2 Å². The van der Waals surface area contributed by atoms with Gasteiger partial charge in [0.25, 0.3) is 5.89 Å². The minimum absolute atomic E-state index is 0.366. The summed E-state index contributed by atoms with van der Waals surface area (Å²) in [5.74, 6) is 1.07. The Morgan fingerprint density at radius 3 is 3.12 bits per heavy atom. The lowest BCUT2D eigenvalue weighted by molar-refractivity contribution is -0.0167. The van der Waals surface area contributed by atoms with Crippen LogP contribution in [-0.2, 0) is 12.0 Å². The number of rotatable bonds is 4. The van der Waals surface area contributed by atoms with Crippen LogP contribution in [0.2, 0.25) is 0 Å². The van der Waals surface area contributed by atoms with Crippen molar-refractivity contribution in [2.45, 2.75) is 44.6 Å². The molecule has 1 saturated heterocycles. The van der Waals surface area contributed by atoms with E-state index in [0.717, 1.165) is 32.2 Å². The fraction of sp³-hybridized carbons (Fsp3) is 0.818. The highest BCUT2D eigenvalue weighted by Crippen LogP contribution is 2.26. The molecule has 0 amide bonds. The number of aryl methyl sites for hydroxylation is 1. The van der Waals surface area contributed by atoms with Crippen LogP contribution >= 0.6 is 0 Å². The summed E-state index contributed by atoms with van der Waals surface area (Å²) in [6.07, 6.45) is 4.60. The van der Waals surface area contributed by atoms with Gasteiger partial charge in [-0.05, 0) is 25.8 Å². The highest BCUT2D eigenvalue weighted by atomic mass is 16.5. The van der Waals surface area contributed by atoms with E-state index in [1.54, 1.807) is 0 Å². The average molecular weight is 225 g/mol. The minimum Gasteiger partial charge on any atom is -0.379 e. The van der Waals surface area contributed by atoms with Crippen LogP contribution in [0.15, 0.2) is 4.52 Å². The molecule has 1 atom stereocenters. The summed E-state index contributed by atoms with van der Waals surface area (Å²) < 4.78 is 5.15. The fourth-order valence-corrected chi connectivity index (χ4v) is 1.95. The van der Waals surface area contributed by atoms with Crippen molar-refractivity contribution in [3.8, 4) is 0 Å². The van der Waals surface area contributed by atoms with Gasteiger partial charge in [-0.1, -0.05) is 18.5 Å². The van der Waals surface area contributed by atoms with E-state index in [9.17, 15) is 5.11 Å². The van der Waals surface area contributed by atoms with Crippen LogP contribution < -0.4 is 5.32 Å². The molecule has 0 saturated carbocycles. The first-order valence-electron chi connectivity index (χ1n) is 6.01. The molecule has 1 fully saturated rings. The number of piperidine rings is 1. The molecule has 1 aromatic rings. The summed E-state index contributed by atoms with van der Waals surface area (Å²) in [7, 11) is 0. The van der Waals surface area contributed by atoms with Crippen molar-refractivity contribution < 1.29 is 9.63 Å². The van der Waals surface area contributed by atoms with Crippen molar-refractivity contribution >= 4 is 0 Å². The van der Waals surface area contributed by atoms with Crippen LogP contribution in [0.25, 0.3) is 0 Å². The van der Waals surface area contributed by atoms with E-state index < -0.39 is 5.60 Å². The number of nitrogens with zero attached hydrogens (tertiary/aromatic N) is 2. The Hall–Kier alpha value is -0.940. The van der Waals surface area contributed by atoms with Crippen molar-refractivity contribution in [1.82, 2.24) is 15.5 Å². The zero-order valence-electron chi connectivity index (χ0n) is 9.70. The van der Waals surface area contributed by atoms with Crippen molar-refractivity contribution in [1.29, 1.82) is 0 Å². The van der Waals surface area contributed by atoms with Crippen LogP contribution in [0.3, 0.4) is 0 Å². The maximum atomic E-state index is 10.3. The van der Waals surface area contributed by atoms with Crippen molar-refractivity contribution in [3.63, 3.8) is 0 Å². The van der Waals surface area contributed by atoms with Crippen molar-refractivity contribution in [2.24, 2.45) is 0 Å². The normalized spacial score (nSPS) is 25.9. The molecule has 0 radical (unpaired) electrons. The molecule has 1 unspecified atom stereocenters. The molecule has 2 N–H and O–H groups in total. The van der Waals surface area contributed by atoms with Gasteiger partial charge in [0.15, 0.2) is 11.4 Å². The van der Waals surface area contributed by atoms with E-state index >= 15 is 0 Å². The molecule has 5 nitrogen and oxygen atoms in total. The highest BCUT2D eigenvalue weighted by Gasteiger charge is 2.36. The van der Waals surface area contributed by atoms with Gasteiger partial charge in [-0.25, -0.2) is 0 Å². The summed E-state index contributed by atoms with van der Waals surface area (Å²) in [6.45, 7) is 3.57. The van der Waals surface area contributed by atoms with E-state index in [1.807, 2.05) is 0 Å². The molecule has 1 aliphatic heterocycles. The molecule has 5 heteroatoms. The SMILES string of the molecule is CCCCc1noc(C2(O)CCCNC2)n1. The van der Waals surface area contributed by atoms with Crippen LogP contribution in [0, 0.1) is 0 Å². The van der Waals surface area contributed by atoms with Crippen LogP contribution in [-0.4, -0.2) is 28.3 Å². The molecular formula is C11H19N3O2. The first-order chi connectivity index (χ1) is 7.74. The second-order valence-corrected chi connectivity index (χ2v) is 4.43. The fourth-order valence-electron chi connectivity index (χ4n) is 1.95. The van der Waals surface area contributed by atoms with E-state index in [0.29, 0.717) is 24.7 Å². The Balaban J connectivity index is 2.05. The zero-order chi connectivity index (χ0) is 11.4. The number of unbranched alkanes of at least 4 members (excludes halogenated alkanes) is 1. The lowest BCUT2D eigenvalue weighted by Gasteiger charge is -2.28. The van der Waals surface area contributed by atoms with E-state index in [-0.39, 0.29) is 0 Å². The topological polar surface area (TPSA) is 71.2 Å². The molecular weight excluding hydrogens is 206 g/mol. The third-order valence-electron chi connectivity index (χ3n) is 2.98.